The van der Waals surface area contributed by atoms with Gasteiger partial charge in [0.2, 0.25) is 10.0 Å². The number of nitrogens with zero attached hydrogens (tertiary/aromatic N) is 3. The summed E-state index contributed by atoms with van der Waals surface area (Å²) in [6, 6.07) is 2.16. The summed E-state index contributed by atoms with van der Waals surface area (Å²) in [4.78, 5) is 11.9. The van der Waals surface area contributed by atoms with Crippen LogP contribution < -0.4 is 10.6 Å². The monoisotopic (exact) mass is 363 g/mol. The van der Waals surface area contributed by atoms with Crippen LogP contribution in [0.1, 0.15) is 22.0 Å². The number of aryl methyl sites for hydroxylation is 2. The third-order valence-corrected chi connectivity index (χ3v) is 4.46. The molecule has 0 saturated heterocycles. The molecular formula is C11H11Cl2N5O3S. The van der Waals surface area contributed by atoms with Crippen molar-refractivity contribution >= 4 is 39.1 Å². The van der Waals surface area contributed by atoms with E-state index in [9.17, 15) is 13.2 Å². The summed E-state index contributed by atoms with van der Waals surface area (Å²) in [5, 5.41) is 12.4. The number of carbonyl (C=O) groups is 1. The molecule has 0 aliphatic carbocycles. The first-order chi connectivity index (χ1) is 10.1. The summed E-state index contributed by atoms with van der Waals surface area (Å²) in [6.45, 7) is 3.28. The van der Waals surface area contributed by atoms with Crippen molar-refractivity contribution < 1.29 is 13.2 Å². The lowest BCUT2D eigenvalue weighted by Gasteiger charge is -2.11. The van der Waals surface area contributed by atoms with Crippen molar-refractivity contribution in [2.45, 2.75) is 18.7 Å². The fourth-order valence-corrected chi connectivity index (χ4v) is 3.12. The number of benzene rings is 1. The Balaban J connectivity index is 2.46. The van der Waals surface area contributed by atoms with Crippen LogP contribution >= 0.6 is 23.2 Å². The number of amides is 1. The number of hydrogen-bond acceptors (Lipinski definition) is 5. The number of nitrogens with one attached hydrogen (secondary N) is 1. The van der Waals surface area contributed by atoms with Crippen molar-refractivity contribution in [1.82, 2.24) is 14.9 Å². The smallest absolute Gasteiger partial charge is 0.267 e. The molecule has 0 unspecified atom stereocenters. The number of primary sulfonamides is 1. The van der Waals surface area contributed by atoms with Crippen molar-refractivity contribution in [2.24, 2.45) is 5.14 Å². The highest BCUT2D eigenvalue weighted by Gasteiger charge is 2.20. The molecule has 0 radical (unpaired) electrons. The second-order valence-corrected chi connectivity index (χ2v) is 6.72. The van der Waals surface area contributed by atoms with Crippen LogP contribution in [0, 0.1) is 13.8 Å². The quantitative estimate of drug-likeness (QED) is 0.849. The molecule has 2 rings (SSSR count). The predicted octanol–water partition coefficient (Wildman–Crippen LogP) is 1.23. The van der Waals surface area contributed by atoms with Gasteiger partial charge in [-0.15, -0.1) is 10.2 Å². The Hall–Kier alpha value is -1.68. The fourth-order valence-electron chi connectivity index (χ4n) is 1.71. The van der Waals surface area contributed by atoms with E-state index in [1.807, 2.05) is 0 Å². The van der Waals surface area contributed by atoms with Crippen molar-refractivity contribution in [1.29, 1.82) is 0 Å². The molecule has 1 heterocycles. The Morgan fingerprint density at radius 1 is 1.18 bits per heavy atom. The molecule has 22 heavy (non-hydrogen) atoms. The van der Waals surface area contributed by atoms with Crippen molar-refractivity contribution in [3.8, 4) is 0 Å². The van der Waals surface area contributed by atoms with E-state index >= 15 is 0 Å². The summed E-state index contributed by atoms with van der Waals surface area (Å²) in [6.07, 6.45) is 0. The molecule has 1 aromatic heterocycles. The lowest BCUT2D eigenvalue weighted by atomic mass is 10.2. The predicted molar refractivity (Wildman–Crippen MR) is 81.0 cm³/mol. The molecule has 0 fully saturated rings. The SMILES string of the molecule is Cc1nnc(C)n1NC(=O)c1cc(S(N)(=O)=O)c(Cl)cc1Cl. The van der Waals surface area contributed by atoms with E-state index in [0.717, 1.165) is 12.1 Å². The Bertz CT molecular complexity index is 843. The number of rotatable bonds is 3. The Morgan fingerprint density at radius 2 is 1.73 bits per heavy atom. The Morgan fingerprint density at radius 3 is 2.23 bits per heavy atom. The van der Waals surface area contributed by atoms with Gasteiger partial charge >= 0.3 is 0 Å². The molecule has 1 amide bonds. The average molecular weight is 364 g/mol. The molecule has 0 aliphatic rings. The highest BCUT2D eigenvalue weighted by Crippen LogP contribution is 2.28. The summed E-state index contributed by atoms with van der Waals surface area (Å²) in [5.74, 6) is 0.239. The third kappa shape index (κ3) is 3.22. The number of sulfonamides is 1. The topological polar surface area (TPSA) is 120 Å². The average Bonchev–Trinajstić information content (AvgIpc) is 2.68. The standard InChI is InChI=1S/C11H11Cl2N5O3S/c1-5-15-16-6(2)18(5)17-11(19)7-3-10(22(14,20)21)9(13)4-8(7)12/h3-4H,1-2H3,(H,17,19)(H2,14,20,21). The number of carbonyl (C=O) groups excluding carboxylic acids is 1. The maximum absolute atomic E-state index is 12.3. The van der Waals surface area contributed by atoms with Crippen LogP contribution in [0.3, 0.4) is 0 Å². The summed E-state index contributed by atoms with van der Waals surface area (Å²) >= 11 is 11.7. The van der Waals surface area contributed by atoms with E-state index in [1.54, 1.807) is 13.8 Å². The van der Waals surface area contributed by atoms with Gasteiger partial charge in [-0.05, 0) is 26.0 Å². The molecule has 0 spiro atoms. The van der Waals surface area contributed by atoms with Gasteiger partial charge in [0.25, 0.3) is 5.91 Å². The number of nitrogens with two attached hydrogens (primary N) is 1. The molecule has 8 nitrogen and oxygen atoms in total. The maximum atomic E-state index is 12.3. The molecule has 0 bridgehead atoms. The maximum Gasteiger partial charge on any atom is 0.271 e. The zero-order chi connectivity index (χ0) is 16.7. The second-order valence-electron chi connectivity index (χ2n) is 4.38. The lowest BCUT2D eigenvalue weighted by Crippen LogP contribution is -2.25. The molecule has 11 heteroatoms. The highest BCUT2D eigenvalue weighted by molar-refractivity contribution is 7.89. The number of halogens is 2. The van der Waals surface area contributed by atoms with Gasteiger partial charge in [0.1, 0.15) is 16.5 Å². The van der Waals surface area contributed by atoms with Gasteiger partial charge in [-0.1, -0.05) is 23.2 Å². The van der Waals surface area contributed by atoms with E-state index < -0.39 is 15.9 Å². The van der Waals surface area contributed by atoms with Crippen molar-refractivity contribution in [2.75, 3.05) is 5.43 Å². The molecule has 1 aromatic carbocycles. The van der Waals surface area contributed by atoms with E-state index in [4.69, 9.17) is 28.3 Å². The first-order valence-corrected chi connectivity index (χ1v) is 8.13. The molecule has 2 aromatic rings. The first-order valence-electron chi connectivity index (χ1n) is 5.83. The Labute approximate surface area is 136 Å². The molecule has 0 saturated carbocycles. The third-order valence-electron chi connectivity index (χ3n) is 2.77. The summed E-state index contributed by atoms with van der Waals surface area (Å²) < 4.78 is 24.3. The minimum Gasteiger partial charge on any atom is -0.267 e. The second kappa shape index (κ2) is 5.84. The first kappa shape index (κ1) is 16.7. The number of hydrogen-bond donors (Lipinski definition) is 2. The van der Waals surface area contributed by atoms with Gasteiger partial charge in [-0.3, -0.25) is 10.2 Å². The fraction of sp³-hybridized carbons (Fsp3) is 0.182. The van der Waals surface area contributed by atoms with Crippen LogP contribution in [0.4, 0.5) is 0 Å². The molecular weight excluding hydrogens is 353 g/mol. The minimum atomic E-state index is -4.09. The van der Waals surface area contributed by atoms with E-state index in [1.165, 1.54) is 4.68 Å². The summed E-state index contributed by atoms with van der Waals surface area (Å²) in [7, 11) is -4.09. The van der Waals surface area contributed by atoms with Crippen LogP contribution in [0.15, 0.2) is 17.0 Å². The van der Waals surface area contributed by atoms with Crippen molar-refractivity contribution in [3.05, 3.63) is 39.4 Å². The van der Waals surface area contributed by atoms with Crippen LogP contribution in [-0.4, -0.2) is 29.2 Å². The molecule has 0 atom stereocenters. The normalized spacial score (nSPS) is 11.5. The summed E-state index contributed by atoms with van der Waals surface area (Å²) in [5.41, 5.74) is 2.41. The minimum absolute atomic E-state index is 0.0155. The number of aromatic nitrogens is 3. The van der Waals surface area contributed by atoms with E-state index in [2.05, 4.69) is 15.6 Å². The molecule has 3 N–H and O–H groups in total. The van der Waals surface area contributed by atoms with Crippen LogP contribution in [-0.2, 0) is 10.0 Å². The van der Waals surface area contributed by atoms with Gasteiger partial charge < -0.3 is 0 Å². The molecule has 118 valence electrons. The zero-order valence-corrected chi connectivity index (χ0v) is 13.8. The van der Waals surface area contributed by atoms with Crippen LogP contribution in [0.25, 0.3) is 0 Å². The Kier molecular flexibility index (Phi) is 4.43. The largest absolute Gasteiger partial charge is 0.271 e. The van der Waals surface area contributed by atoms with Gasteiger partial charge in [0.05, 0.1) is 15.6 Å². The van der Waals surface area contributed by atoms with Crippen molar-refractivity contribution in [3.63, 3.8) is 0 Å². The van der Waals surface area contributed by atoms with Gasteiger partial charge in [0.15, 0.2) is 0 Å². The highest BCUT2D eigenvalue weighted by atomic mass is 35.5. The van der Waals surface area contributed by atoms with Gasteiger partial charge in [-0.2, -0.15) is 0 Å². The van der Waals surface area contributed by atoms with E-state index in [-0.39, 0.29) is 20.5 Å². The zero-order valence-electron chi connectivity index (χ0n) is 11.5. The van der Waals surface area contributed by atoms with Gasteiger partial charge in [-0.25, -0.2) is 18.2 Å². The van der Waals surface area contributed by atoms with Crippen LogP contribution in [0.2, 0.25) is 10.0 Å². The molecule has 0 aliphatic heterocycles. The van der Waals surface area contributed by atoms with Crippen LogP contribution in [0.5, 0.6) is 0 Å². The van der Waals surface area contributed by atoms with E-state index in [0.29, 0.717) is 11.6 Å². The lowest BCUT2D eigenvalue weighted by molar-refractivity contribution is 0.101. The van der Waals surface area contributed by atoms with Gasteiger partial charge in [0, 0.05) is 0 Å².